The maximum atomic E-state index is 10.6. The van der Waals surface area contributed by atoms with Gasteiger partial charge in [-0.05, 0) is 58.4 Å². The van der Waals surface area contributed by atoms with Gasteiger partial charge in [0, 0.05) is 29.0 Å². The molecule has 0 spiro atoms. The second-order valence-electron chi connectivity index (χ2n) is 8.22. The summed E-state index contributed by atoms with van der Waals surface area (Å²) >= 11 is 3.43. The van der Waals surface area contributed by atoms with Gasteiger partial charge in [0.05, 0.1) is 23.1 Å². The first kappa shape index (κ1) is 31.9. The molecule has 5 rings (SSSR count). The Morgan fingerprint density at radius 3 is 2.07 bits per heavy atom. The Kier molecular flexibility index (Phi) is 9.77. The van der Waals surface area contributed by atoms with Crippen molar-refractivity contribution >= 4 is 55.8 Å². The Morgan fingerprint density at radius 2 is 1.52 bits per heavy atom. The fourth-order valence-electron chi connectivity index (χ4n) is 3.29. The zero-order valence-corrected chi connectivity index (χ0v) is 22.7. The van der Waals surface area contributed by atoms with Gasteiger partial charge >= 0.3 is 24.3 Å². The van der Waals surface area contributed by atoms with Gasteiger partial charge in [-0.15, -0.1) is 0 Å². The maximum Gasteiger partial charge on any atom is 0.490 e. The number of para-hydroxylation sites is 2. The van der Waals surface area contributed by atoms with Crippen molar-refractivity contribution in [2.24, 2.45) is 7.05 Å². The number of nitrogens with zero attached hydrogens (tertiary/aromatic N) is 4. The molecule has 222 valence electrons. The minimum absolute atomic E-state index is 0.660. The molecule has 42 heavy (non-hydrogen) atoms. The molecule has 0 saturated carbocycles. The van der Waals surface area contributed by atoms with E-state index in [1.807, 2.05) is 43.4 Å². The summed E-state index contributed by atoms with van der Waals surface area (Å²) in [4.78, 5) is 34.7. The van der Waals surface area contributed by atoms with Crippen molar-refractivity contribution in [3.63, 3.8) is 0 Å². The number of aryl methyl sites for hydroxylation is 1. The molecule has 0 unspecified atom stereocenters. The molecule has 5 aromatic rings. The van der Waals surface area contributed by atoms with Crippen molar-refractivity contribution < 1.29 is 46.1 Å². The van der Waals surface area contributed by atoms with E-state index in [9.17, 15) is 26.3 Å². The van der Waals surface area contributed by atoms with Gasteiger partial charge in [0.15, 0.2) is 5.65 Å². The third kappa shape index (κ3) is 8.42. The monoisotopic (exact) mass is 660 g/mol. The number of aromatic nitrogens is 5. The number of pyridine rings is 1. The second kappa shape index (κ2) is 12.9. The first-order valence-electron chi connectivity index (χ1n) is 11.4. The number of rotatable bonds is 4. The SMILES string of the molecule is Cn1c(CNc2ccc(-c3nc4ncc(Br)cc4[nH]3)cc2)nc2ccccc21.O=C(O)C(F)(F)F.O=C(O)C(F)(F)F. The summed E-state index contributed by atoms with van der Waals surface area (Å²) in [6.07, 6.45) is -8.42. The summed E-state index contributed by atoms with van der Waals surface area (Å²) in [5.74, 6) is -3.71. The molecular weight excluding hydrogens is 642 g/mol. The van der Waals surface area contributed by atoms with E-state index in [2.05, 4.69) is 59.0 Å². The summed E-state index contributed by atoms with van der Waals surface area (Å²) in [5.41, 5.74) is 5.83. The van der Waals surface area contributed by atoms with Crippen molar-refractivity contribution in [2.75, 3.05) is 5.32 Å². The number of aliphatic carboxylic acids is 2. The number of nitrogens with one attached hydrogen (secondary N) is 2. The van der Waals surface area contributed by atoms with Gasteiger partial charge < -0.3 is 25.1 Å². The minimum atomic E-state index is -5.08. The quantitative estimate of drug-likeness (QED) is 0.168. The van der Waals surface area contributed by atoms with Crippen molar-refractivity contribution in [3.05, 3.63) is 71.1 Å². The molecule has 0 amide bonds. The lowest BCUT2D eigenvalue weighted by Gasteiger charge is -2.07. The molecule has 3 aromatic heterocycles. The van der Waals surface area contributed by atoms with Gasteiger partial charge in [0.2, 0.25) is 0 Å². The van der Waals surface area contributed by atoms with Gasteiger partial charge in [-0.2, -0.15) is 26.3 Å². The van der Waals surface area contributed by atoms with E-state index in [-0.39, 0.29) is 0 Å². The predicted molar refractivity (Wildman–Crippen MR) is 142 cm³/mol. The Hall–Kier alpha value is -4.67. The number of imidazole rings is 2. The Bertz CT molecular complexity index is 1680. The Balaban J connectivity index is 0.000000289. The Morgan fingerprint density at radius 1 is 0.952 bits per heavy atom. The molecule has 2 aromatic carbocycles. The van der Waals surface area contributed by atoms with Crippen LogP contribution in [0.3, 0.4) is 0 Å². The molecule has 17 heteroatoms. The number of halogens is 7. The predicted octanol–water partition coefficient (Wildman–Crippen LogP) is 6.15. The molecule has 0 fully saturated rings. The summed E-state index contributed by atoms with van der Waals surface area (Å²) in [5, 5.41) is 17.7. The van der Waals surface area contributed by atoms with Gasteiger partial charge in [-0.1, -0.05) is 12.1 Å². The standard InChI is InChI=1S/C21H17BrN6.2C2HF3O2/c1-28-18-5-3-2-4-16(18)25-19(28)12-23-15-8-6-13(7-9-15)20-26-17-10-14(22)11-24-21(17)27-20;2*3-2(4,5)1(6)7/h2-11,23H,12H2,1H3,(H,24,26,27);2*(H,6,7). The smallest absolute Gasteiger partial charge is 0.475 e. The molecule has 0 aliphatic carbocycles. The summed E-state index contributed by atoms with van der Waals surface area (Å²) in [6.45, 7) is 0.660. The first-order chi connectivity index (χ1) is 19.6. The van der Waals surface area contributed by atoms with Gasteiger partial charge in [0.25, 0.3) is 0 Å². The fraction of sp³-hybridized carbons (Fsp3) is 0.160. The Labute approximate surface area is 240 Å². The summed E-state index contributed by atoms with van der Waals surface area (Å²) in [6, 6.07) is 18.3. The van der Waals surface area contributed by atoms with Gasteiger partial charge in [0.1, 0.15) is 11.6 Å². The largest absolute Gasteiger partial charge is 0.490 e. The van der Waals surface area contributed by atoms with Crippen LogP contribution in [-0.4, -0.2) is 59.0 Å². The van der Waals surface area contributed by atoms with Crippen molar-refractivity contribution in [2.45, 2.75) is 18.9 Å². The molecule has 0 aliphatic rings. The van der Waals surface area contributed by atoms with E-state index in [1.54, 1.807) is 6.20 Å². The number of H-pyrrole nitrogens is 1. The first-order valence-corrected chi connectivity index (χ1v) is 12.2. The van der Waals surface area contributed by atoms with Crippen LogP contribution in [0, 0.1) is 0 Å². The minimum Gasteiger partial charge on any atom is -0.475 e. The highest BCUT2D eigenvalue weighted by Crippen LogP contribution is 2.23. The number of fused-ring (bicyclic) bond motifs is 2. The molecular formula is C25H19BrF6N6O4. The van der Waals surface area contributed by atoms with Crippen molar-refractivity contribution in [3.8, 4) is 11.4 Å². The lowest BCUT2D eigenvalue weighted by atomic mass is 10.2. The lowest BCUT2D eigenvalue weighted by molar-refractivity contribution is -0.193. The zero-order chi connectivity index (χ0) is 31.2. The number of benzene rings is 2. The highest BCUT2D eigenvalue weighted by atomic mass is 79.9. The van der Waals surface area contributed by atoms with Crippen LogP contribution in [0.25, 0.3) is 33.6 Å². The number of hydrogen-bond donors (Lipinski definition) is 4. The van der Waals surface area contributed by atoms with Crippen LogP contribution in [0.15, 0.2) is 65.3 Å². The number of hydrogen-bond acceptors (Lipinski definition) is 6. The fourth-order valence-corrected chi connectivity index (χ4v) is 3.62. The van der Waals surface area contributed by atoms with Crippen LogP contribution in [0.1, 0.15) is 5.82 Å². The van der Waals surface area contributed by atoms with Crippen molar-refractivity contribution in [1.29, 1.82) is 0 Å². The highest BCUT2D eigenvalue weighted by Gasteiger charge is 2.38. The topological polar surface area (TPSA) is 146 Å². The third-order valence-electron chi connectivity index (χ3n) is 5.28. The molecule has 0 saturated heterocycles. The number of carboxylic acids is 2. The molecule has 10 nitrogen and oxygen atoms in total. The number of carbonyl (C=O) groups is 2. The number of carboxylic acid groups (broad SMARTS) is 2. The number of anilines is 1. The van der Waals surface area contributed by atoms with Crippen LogP contribution in [0.2, 0.25) is 0 Å². The van der Waals surface area contributed by atoms with Crippen LogP contribution < -0.4 is 5.32 Å². The molecule has 0 bridgehead atoms. The number of aromatic amines is 1. The van der Waals surface area contributed by atoms with Crippen LogP contribution in [-0.2, 0) is 23.2 Å². The third-order valence-corrected chi connectivity index (χ3v) is 5.71. The normalized spacial score (nSPS) is 11.3. The molecule has 0 atom stereocenters. The maximum absolute atomic E-state index is 10.6. The summed E-state index contributed by atoms with van der Waals surface area (Å²) in [7, 11) is 2.05. The van der Waals surface area contributed by atoms with Crippen molar-refractivity contribution in [1.82, 2.24) is 24.5 Å². The van der Waals surface area contributed by atoms with E-state index in [4.69, 9.17) is 24.8 Å². The molecule has 3 heterocycles. The highest BCUT2D eigenvalue weighted by molar-refractivity contribution is 9.10. The van der Waals surface area contributed by atoms with E-state index in [1.165, 1.54) is 0 Å². The molecule has 0 radical (unpaired) electrons. The van der Waals surface area contributed by atoms with Crippen LogP contribution in [0.5, 0.6) is 0 Å². The van der Waals surface area contributed by atoms with Crippen LogP contribution in [0.4, 0.5) is 32.0 Å². The average molecular weight is 661 g/mol. The van der Waals surface area contributed by atoms with Crippen LogP contribution >= 0.6 is 15.9 Å². The van der Waals surface area contributed by atoms with E-state index < -0.39 is 24.3 Å². The van der Waals surface area contributed by atoms with E-state index in [0.717, 1.165) is 43.9 Å². The molecule has 4 N–H and O–H groups in total. The van der Waals surface area contributed by atoms with E-state index in [0.29, 0.717) is 12.2 Å². The average Bonchev–Trinajstić information content (AvgIpc) is 3.48. The summed E-state index contributed by atoms with van der Waals surface area (Å²) < 4.78 is 66.5. The van der Waals surface area contributed by atoms with Gasteiger partial charge in [-0.3, -0.25) is 0 Å². The lowest BCUT2D eigenvalue weighted by Crippen LogP contribution is -2.21. The van der Waals surface area contributed by atoms with E-state index >= 15 is 0 Å². The molecule has 0 aliphatic heterocycles. The van der Waals surface area contributed by atoms with Gasteiger partial charge in [-0.25, -0.2) is 24.5 Å². The number of alkyl halides is 6. The second-order valence-corrected chi connectivity index (χ2v) is 9.14. The zero-order valence-electron chi connectivity index (χ0n) is 21.1.